The Morgan fingerprint density at radius 1 is 1.00 bits per heavy atom. The Hall–Kier alpha value is -1.61. The molecule has 2 N–H and O–H groups in total. The zero-order valence-electron chi connectivity index (χ0n) is 15.0. The molecule has 0 spiro atoms. The third-order valence-corrected chi connectivity index (χ3v) is 4.54. The second-order valence-corrected chi connectivity index (χ2v) is 7.26. The van der Waals surface area contributed by atoms with Crippen LogP contribution in [0.15, 0.2) is 21.1 Å². The van der Waals surface area contributed by atoms with Crippen molar-refractivity contribution >= 4 is 55.5 Å². The molecule has 0 atom stereocenters. The first-order chi connectivity index (χ1) is 12.2. The Kier molecular flexibility index (Phi) is 9.07. The quantitative estimate of drug-likeness (QED) is 0.443. The molecule has 2 amide bonds. The van der Waals surface area contributed by atoms with Gasteiger partial charge >= 0.3 is 18.0 Å². The summed E-state index contributed by atoms with van der Waals surface area (Å²) in [5, 5.41) is 4.90. The summed E-state index contributed by atoms with van der Waals surface area (Å²) in [6, 6.07) is 1.50. The fourth-order valence-corrected chi connectivity index (χ4v) is 3.41. The molecule has 0 aromatic heterocycles. The van der Waals surface area contributed by atoms with E-state index in [0.717, 1.165) is 5.56 Å². The Balaban J connectivity index is 2.94. The normalized spacial score (nSPS) is 10.6. The van der Waals surface area contributed by atoms with Gasteiger partial charge in [-0.25, -0.2) is 14.4 Å². The van der Waals surface area contributed by atoms with Crippen LogP contribution in [0.3, 0.4) is 0 Å². The summed E-state index contributed by atoms with van der Waals surface area (Å²) in [4.78, 5) is 36.1. The van der Waals surface area contributed by atoms with Gasteiger partial charge in [-0.15, -0.1) is 0 Å². The molecule has 0 aliphatic rings. The number of benzene rings is 1. The molecule has 0 aliphatic heterocycles. The van der Waals surface area contributed by atoms with Gasteiger partial charge in [0.2, 0.25) is 6.04 Å². The molecule has 0 saturated heterocycles. The molecule has 144 valence electrons. The number of carbonyl (C=O) groups excluding carboxylic acids is 3. The number of hydrogen-bond donors (Lipinski definition) is 2. The number of carbonyl (C=O) groups is 3. The van der Waals surface area contributed by atoms with Crippen molar-refractivity contribution in [3.05, 3.63) is 26.6 Å². The molecule has 7 nitrogen and oxygen atoms in total. The molecule has 26 heavy (non-hydrogen) atoms. The summed E-state index contributed by atoms with van der Waals surface area (Å²) < 4.78 is 10.9. The van der Waals surface area contributed by atoms with Crippen molar-refractivity contribution in [1.29, 1.82) is 0 Å². The van der Waals surface area contributed by atoms with Gasteiger partial charge in [0.15, 0.2) is 0 Å². The lowest BCUT2D eigenvalue weighted by molar-refractivity contribution is -0.157. The van der Waals surface area contributed by atoms with Crippen LogP contribution in [0.2, 0.25) is 0 Å². The molecule has 0 saturated carbocycles. The van der Waals surface area contributed by atoms with E-state index < -0.39 is 24.0 Å². The number of ether oxygens (including phenoxy) is 2. The number of urea groups is 1. The second kappa shape index (κ2) is 10.5. The standard InChI is InChI=1S/C17H22Br2N2O5/c1-5-25-15(22)14(16(23)26-6-2)21-17(24)20-13-11(18)7-10(9(3)4)8-12(13)19/h7-9,14H,5-6H2,1-4H3,(H2,20,21,24). The third-order valence-electron chi connectivity index (χ3n) is 3.29. The molecule has 1 aromatic carbocycles. The maximum atomic E-state index is 12.3. The van der Waals surface area contributed by atoms with Crippen molar-refractivity contribution in [2.45, 2.75) is 39.7 Å². The summed E-state index contributed by atoms with van der Waals surface area (Å²) in [6.07, 6.45) is 0. The van der Waals surface area contributed by atoms with Crippen molar-refractivity contribution in [3.8, 4) is 0 Å². The molecule has 1 aromatic rings. The van der Waals surface area contributed by atoms with Gasteiger partial charge in [0.25, 0.3) is 0 Å². The summed E-state index contributed by atoms with van der Waals surface area (Å²) in [5.41, 5.74) is 1.55. The highest BCUT2D eigenvalue weighted by Crippen LogP contribution is 2.34. The van der Waals surface area contributed by atoms with Crippen molar-refractivity contribution in [2.75, 3.05) is 18.5 Å². The first kappa shape index (κ1) is 22.4. The maximum absolute atomic E-state index is 12.3. The molecule has 0 heterocycles. The van der Waals surface area contributed by atoms with E-state index in [1.165, 1.54) is 0 Å². The lowest BCUT2D eigenvalue weighted by Crippen LogP contribution is -2.49. The van der Waals surface area contributed by atoms with Gasteiger partial charge in [-0.3, -0.25) is 0 Å². The van der Waals surface area contributed by atoms with Gasteiger partial charge in [-0.2, -0.15) is 0 Å². The summed E-state index contributed by atoms with van der Waals surface area (Å²) >= 11 is 6.83. The van der Waals surface area contributed by atoms with Crippen molar-refractivity contribution < 1.29 is 23.9 Å². The van der Waals surface area contributed by atoms with E-state index in [1.807, 2.05) is 12.1 Å². The second-order valence-electron chi connectivity index (χ2n) is 5.55. The van der Waals surface area contributed by atoms with Gasteiger partial charge in [0.1, 0.15) is 0 Å². The van der Waals surface area contributed by atoms with Gasteiger partial charge < -0.3 is 20.1 Å². The van der Waals surface area contributed by atoms with Crippen LogP contribution < -0.4 is 10.6 Å². The van der Waals surface area contributed by atoms with Gasteiger partial charge in [0.05, 0.1) is 18.9 Å². The molecule has 1 rings (SSSR count). The Morgan fingerprint density at radius 3 is 1.85 bits per heavy atom. The lowest BCUT2D eigenvalue weighted by Gasteiger charge is -2.18. The average molecular weight is 494 g/mol. The minimum Gasteiger partial charge on any atom is -0.464 e. The Morgan fingerprint density at radius 2 is 1.46 bits per heavy atom. The van der Waals surface area contributed by atoms with Crippen LogP contribution in [0.1, 0.15) is 39.2 Å². The number of nitrogens with one attached hydrogen (secondary N) is 2. The van der Waals surface area contributed by atoms with Gasteiger partial charge in [-0.1, -0.05) is 13.8 Å². The molecular weight excluding hydrogens is 472 g/mol. The lowest BCUT2D eigenvalue weighted by atomic mass is 10.0. The van der Waals surface area contributed by atoms with E-state index in [0.29, 0.717) is 20.6 Å². The summed E-state index contributed by atoms with van der Waals surface area (Å²) in [7, 11) is 0. The van der Waals surface area contributed by atoms with Crippen LogP contribution in [0.25, 0.3) is 0 Å². The number of halogens is 2. The Labute approximate surface area is 169 Å². The van der Waals surface area contributed by atoms with E-state index in [4.69, 9.17) is 9.47 Å². The monoisotopic (exact) mass is 492 g/mol. The fraction of sp³-hybridized carbons (Fsp3) is 0.471. The molecule has 0 radical (unpaired) electrons. The van der Waals surface area contributed by atoms with Crippen LogP contribution >= 0.6 is 31.9 Å². The minimum atomic E-state index is -1.54. The number of amides is 2. The highest BCUT2D eigenvalue weighted by atomic mass is 79.9. The number of hydrogen-bond acceptors (Lipinski definition) is 5. The highest BCUT2D eigenvalue weighted by Gasteiger charge is 2.31. The van der Waals surface area contributed by atoms with E-state index in [1.54, 1.807) is 13.8 Å². The van der Waals surface area contributed by atoms with Crippen molar-refractivity contribution in [2.24, 2.45) is 0 Å². The molecule has 0 unspecified atom stereocenters. The number of rotatable bonds is 7. The van der Waals surface area contributed by atoms with E-state index in [9.17, 15) is 14.4 Å². The number of anilines is 1. The Bertz CT molecular complexity index is 638. The number of esters is 2. The third kappa shape index (κ3) is 6.28. The molecule has 0 aliphatic carbocycles. The van der Waals surface area contributed by atoms with Crippen molar-refractivity contribution in [3.63, 3.8) is 0 Å². The SMILES string of the molecule is CCOC(=O)C(NC(=O)Nc1c(Br)cc(C(C)C)cc1Br)C(=O)OCC. The molecule has 9 heteroatoms. The maximum Gasteiger partial charge on any atom is 0.340 e. The van der Waals surface area contributed by atoms with Crippen molar-refractivity contribution in [1.82, 2.24) is 5.32 Å². The van der Waals surface area contributed by atoms with Crippen LogP contribution in [0.4, 0.5) is 10.5 Å². The van der Waals surface area contributed by atoms with Crippen LogP contribution in [-0.2, 0) is 19.1 Å². The topological polar surface area (TPSA) is 93.7 Å². The smallest absolute Gasteiger partial charge is 0.340 e. The first-order valence-electron chi connectivity index (χ1n) is 8.10. The van der Waals surface area contributed by atoms with Gasteiger partial charge in [0, 0.05) is 8.95 Å². The molecule has 0 bridgehead atoms. The predicted molar refractivity (Wildman–Crippen MR) is 105 cm³/mol. The summed E-state index contributed by atoms with van der Waals surface area (Å²) in [5.74, 6) is -1.45. The zero-order valence-corrected chi connectivity index (χ0v) is 18.2. The summed E-state index contributed by atoms with van der Waals surface area (Å²) in [6.45, 7) is 7.46. The van der Waals surface area contributed by atoms with E-state index >= 15 is 0 Å². The van der Waals surface area contributed by atoms with Crippen LogP contribution in [-0.4, -0.2) is 37.2 Å². The fourth-order valence-electron chi connectivity index (χ4n) is 1.99. The average Bonchev–Trinajstić information content (AvgIpc) is 2.56. The van der Waals surface area contributed by atoms with E-state index in [2.05, 4.69) is 56.3 Å². The zero-order chi connectivity index (χ0) is 19.9. The highest BCUT2D eigenvalue weighted by molar-refractivity contribution is 9.11. The molecular formula is C17H22Br2N2O5. The predicted octanol–water partition coefficient (Wildman–Crippen LogP) is 3.95. The van der Waals surface area contributed by atoms with Gasteiger partial charge in [-0.05, 0) is 69.3 Å². The largest absolute Gasteiger partial charge is 0.464 e. The first-order valence-corrected chi connectivity index (χ1v) is 9.69. The molecule has 0 fully saturated rings. The minimum absolute atomic E-state index is 0.0752. The van der Waals surface area contributed by atoms with Crippen LogP contribution in [0.5, 0.6) is 0 Å². The van der Waals surface area contributed by atoms with Crippen LogP contribution in [0, 0.1) is 0 Å². The van der Waals surface area contributed by atoms with E-state index in [-0.39, 0.29) is 13.2 Å².